The predicted octanol–water partition coefficient (Wildman–Crippen LogP) is 2.99. The summed E-state index contributed by atoms with van der Waals surface area (Å²) in [6.07, 6.45) is -1.67. The van der Waals surface area contributed by atoms with Crippen molar-refractivity contribution < 1.29 is 24.6 Å². The average molecular weight is 410 g/mol. The zero-order valence-electron chi connectivity index (χ0n) is 14.7. The van der Waals surface area contributed by atoms with Gasteiger partial charge in [-0.2, -0.15) is 0 Å². The molecule has 1 aromatic carbocycles. The molecule has 0 amide bonds. The zero-order chi connectivity index (χ0) is 20.3. The highest BCUT2D eigenvalue weighted by Gasteiger charge is 2.31. The Hall–Kier alpha value is -2.98. The molecule has 2 aromatic rings. The Morgan fingerprint density at radius 2 is 2.00 bits per heavy atom. The van der Waals surface area contributed by atoms with Gasteiger partial charge in [0.05, 0.1) is 6.61 Å². The van der Waals surface area contributed by atoms with Crippen molar-refractivity contribution in [2.75, 3.05) is 6.61 Å². The molecule has 11 heteroatoms. The Labute approximate surface area is 164 Å². The van der Waals surface area contributed by atoms with Crippen LogP contribution in [-0.4, -0.2) is 27.9 Å². The van der Waals surface area contributed by atoms with Gasteiger partial charge in [0.2, 0.25) is 0 Å². The number of pyridine rings is 1. The third-order valence-corrected chi connectivity index (χ3v) is 4.47. The number of rotatable bonds is 8. The maximum Gasteiger partial charge on any atom is 0.294 e. The molecule has 2 heterocycles. The van der Waals surface area contributed by atoms with Crippen LogP contribution in [0, 0.1) is 27.2 Å². The van der Waals surface area contributed by atoms with Gasteiger partial charge in [0, 0.05) is 28.4 Å². The van der Waals surface area contributed by atoms with E-state index in [1.54, 1.807) is 19.1 Å². The van der Waals surface area contributed by atoms with E-state index in [0.29, 0.717) is 23.0 Å². The van der Waals surface area contributed by atoms with Crippen LogP contribution in [0.25, 0.3) is 0 Å². The lowest BCUT2D eigenvalue weighted by atomic mass is 9.95. The topological polar surface area (TPSA) is 127 Å². The molecule has 0 aliphatic carbocycles. The summed E-state index contributed by atoms with van der Waals surface area (Å²) >= 11 is 5.95. The molecule has 1 unspecified atom stereocenters. The first-order valence-electron chi connectivity index (χ1n) is 8.28. The third kappa shape index (κ3) is 4.65. The van der Waals surface area contributed by atoms with Gasteiger partial charge in [-0.05, 0) is 36.2 Å². The second-order valence-corrected chi connectivity index (χ2v) is 6.64. The summed E-state index contributed by atoms with van der Waals surface area (Å²) in [7, 11) is 0. The highest BCUT2D eigenvalue weighted by molar-refractivity contribution is 6.30. The predicted molar refractivity (Wildman–Crippen MR) is 95.6 cm³/mol. The highest BCUT2D eigenvalue weighted by atomic mass is 35.5. The summed E-state index contributed by atoms with van der Waals surface area (Å²) in [5, 5.41) is 19.8. The van der Waals surface area contributed by atoms with Crippen molar-refractivity contribution in [1.82, 2.24) is 4.98 Å². The van der Waals surface area contributed by atoms with Crippen LogP contribution in [0.2, 0.25) is 5.02 Å². The Morgan fingerprint density at radius 1 is 1.29 bits per heavy atom. The molecule has 28 heavy (non-hydrogen) atoms. The van der Waals surface area contributed by atoms with Crippen LogP contribution < -0.4 is 0 Å². The van der Waals surface area contributed by atoms with Crippen LogP contribution in [0.4, 0.5) is 0 Å². The van der Waals surface area contributed by atoms with E-state index in [4.69, 9.17) is 16.3 Å². The van der Waals surface area contributed by atoms with Crippen molar-refractivity contribution in [2.24, 2.45) is 0 Å². The maximum atomic E-state index is 10.8. The number of hydrogen-bond donors (Lipinski definition) is 0. The minimum absolute atomic E-state index is 0.0493. The van der Waals surface area contributed by atoms with Gasteiger partial charge in [-0.15, -0.1) is 20.2 Å². The normalized spacial score (nSPS) is 16.3. The molecule has 148 valence electrons. The molecule has 1 aliphatic rings. The summed E-state index contributed by atoms with van der Waals surface area (Å²) in [5.41, 5.74) is 3.72. The van der Waals surface area contributed by atoms with E-state index >= 15 is 0 Å². The van der Waals surface area contributed by atoms with E-state index in [0.717, 1.165) is 16.7 Å². The second-order valence-electron chi connectivity index (χ2n) is 6.20. The van der Waals surface area contributed by atoms with Crippen molar-refractivity contribution in [3.8, 4) is 0 Å². The minimum Gasteiger partial charge on any atom is -0.364 e. The smallest absolute Gasteiger partial charge is 0.294 e. The number of aromatic nitrogens is 1. The minimum atomic E-state index is -1.19. The largest absolute Gasteiger partial charge is 0.364 e. The van der Waals surface area contributed by atoms with Gasteiger partial charge in [-0.1, -0.05) is 23.7 Å². The lowest BCUT2D eigenvalue weighted by molar-refractivity contribution is -0.790. The van der Waals surface area contributed by atoms with Gasteiger partial charge in [0.1, 0.15) is 18.8 Å². The van der Waals surface area contributed by atoms with Crippen molar-refractivity contribution in [3.63, 3.8) is 0 Å². The van der Waals surface area contributed by atoms with Gasteiger partial charge in [0.25, 0.3) is 10.2 Å². The van der Waals surface area contributed by atoms with Gasteiger partial charge in [0.15, 0.2) is 0 Å². The van der Waals surface area contributed by atoms with Crippen molar-refractivity contribution in [3.05, 3.63) is 83.7 Å². The van der Waals surface area contributed by atoms with Gasteiger partial charge in [-0.3, -0.25) is 4.98 Å². The third-order valence-electron chi connectivity index (χ3n) is 4.21. The van der Waals surface area contributed by atoms with Crippen LogP contribution >= 0.6 is 11.6 Å². The van der Waals surface area contributed by atoms with Crippen LogP contribution in [0.1, 0.15) is 34.2 Å². The lowest BCUT2D eigenvalue weighted by Gasteiger charge is -2.19. The fourth-order valence-corrected chi connectivity index (χ4v) is 3.31. The molecule has 0 N–H and O–H groups in total. The zero-order valence-corrected chi connectivity index (χ0v) is 15.5. The number of fused-ring (bicyclic) bond motifs is 1. The highest BCUT2D eigenvalue weighted by Crippen LogP contribution is 2.38. The second kappa shape index (κ2) is 8.36. The number of nitrogens with zero attached hydrogens (tertiary/aromatic N) is 3. The summed E-state index contributed by atoms with van der Waals surface area (Å²) in [5.74, 6) is 0. The molecule has 0 radical (unpaired) electrons. The Morgan fingerprint density at radius 3 is 2.64 bits per heavy atom. The fraction of sp³-hybridized carbons (Fsp3) is 0.353. The van der Waals surface area contributed by atoms with Crippen molar-refractivity contribution in [1.29, 1.82) is 0 Å². The first-order valence-corrected chi connectivity index (χ1v) is 8.66. The van der Waals surface area contributed by atoms with Gasteiger partial charge < -0.3 is 14.4 Å². The van der Waals surface area contributed by atoms with E-state index in [-0.39, 0.29) is 6.42 Å². The van der Waals surface area contributed by atoms with E-state index in [1.165, 1.54) is 0 Å². The van der Waals surface area contributed by atoms with Crippen LogP contribution in [0.15, 0.2) is 30.3 Å². The molecule has 1 aromatic heterocycles. The molecule has 0 spiro atoms. The van der Waals surface area contributed by atoms with Crippen LogP contribution in [-0.2, 0) is 27.4 Å². The summed E-state index contributed by atoms with van der Waals surface area (Å²) in [6, 6.07) is 9.01. The first-order chi connectivity index (χ1) is 13.3. The molecule has 0 bridgehead atoms. The van der Waals surface area contributed by atoms with Gasteiger partial charge in [-0.25, -0.2) is 0 Å². The maximum absolute atomic E-state index is 10.8. The molecule has 0 fully saturated rings. The number of halogens is 1. The van der Waals surface area contributed by atoms with Crippen LogP contribution in [0.5, 0.6) is 0 Å². The Kier molecular flexibility index (Phi) is 5.90. The van der Waals surface area contributed by atoms with Crippen LogP contribution in [0.3, 0.4) is 0 Å². The first kappa shape index (κ1) is 19.8. The summed E-state index contributed by atoms with van der Waals surface area (Å²) in [6.45, 7) is 1.55. The van der Waals surface area contributed by atoms with E-state index in [1.807, 2.05) is 18.2 Å². The lowest BCUT2D eigenvalue weighted by Crippen LogP contribution is -2.28. The molecule has 2 atom stereocenters. The molecule has 0 saturated heterocycles. The SMILES string of the molecule is Cc1cc2c(c(CC(CO[N+](=O)[O-])O[N+](=O)[O-])n1)[C@H](c1ccc(Cl)cc1)OC2. The quantitative estimate of drug-likeness (QED) is 0.481. The Bertz CT molecular complexity index is 891. The number of aryl methyl sites for hydroxylation is 1. The fourth-order valence-electron chi connectivity index (χ4n) is 3.18. The summed E-state index contributed by atoms with van der Waals surface area (Å²) in [4.78, 5) is 34.5. The van der Waals surface area contributed by atoms with Crippen molar-refractivity contribution >= 4 is 11.6 Å². The Balaban J connectivity index is 1.93. The molecule has 0 saturated carbocycles. The summed E-state index contributed by atoms with van der Waals surface area (Å²) < 4.78 is 5.91. The average Bonchev–Trinajstić information content (AvgIpc) is 3.03. The monoisotopic (exact) mass is 409 g/mol. The van der Waals surface area contributed by atoms with Crippen molar-refractivity contribution in [2.45, 2.75) is 32.2 Å². The van der Waals surface area contributed by atoms with E-state index < -0.39 is 29.0 Å². The molecule has 3 rings (SSSR count). The standard InChI is InChI=1S/C17H16ClN3O7/c1-10-6-12-8-26-17(11-2-4-13(18)5-3-11)16(12)15(19-10)7-14(28-21(24)25)9-27-20(22)23/h2-6,14,17H,7-9H2,1H3/t14?,17-/m0/s1. The molecular formula is C17H16ClN3O7. The molecule has 1 aliphatic heterocycles. The molecular weight excluding hydrogens is 394 g/mol. The number of ether oxygens (including phenoxy) is 1. The van der Waals surface area contributed by atoms with Gasteiger partial charge >= 0.3 is 0 Å². The number of hydrogen-bond acceptors (Lipinski definition) is 8. The van der Waals surface area contributed by atoms with E-state index in [9.17, 15) is 20.2 Å². The number of benzene rings is 1. The van der Waals surface area contributed by atoms with E-state index in [2.05, 4.69) is 14.7 Å². The molecule has 10 nitrogen and oxygen atoms in total.